The number of nitrogens with one attached hydrogen (secondary N) is 1. The van der Waals surface area contributed by atoms with Gasteiger partial charge in [0.05, 0.1) is 0 Å². The van der Waals surface area contributed by atoms with E-state index in [1.165, 1.54) is 47.0 Å². The van der Waals surface area contributed by atoms with Crippen molar-refractivity contribution < 1.29 is 0 Å². The van der Waals surface area contributed by atoms with E-state index in [9.17, 15) is 0 Å². The summed E-state index contributed by atoms with van der Waals surface area (Å²) in [5.74, 6) is 3.65. The zero-order valence-corrected chi connectivity index (χ0v) is 15.9. The fourth-order valence-corrected chi connectivity index (χ4v) is 5.38. The number of nitrogens with zero attached hydrogens (tertiary/aromatic N) is 1. The van der Waals surface area contributed by atoms with Crippen molar-refractivity contribution in [1.82, 2.24) is 0 Å². The molecule has 0 amide bonds. The third-order valence-electron chi connectivity index (χ3n) is 5.36. The summed E-state index contributed by atoms with van der Waals surface area (Å²) in [4.78, 5) is 5.03. The van der Waals surface area contributed by atoms with Crippen LogP contribution in [0.4, 0.5) is 5.69 Å². The van der Waals surface area contributed by atoms with Gasteiger partial charge in [0.2, 0.25) is 0 Å². The van der Waals surface area contributed by atoms with Crippen molar-refractivity contribution in [3.63, 3.8) is 0 Å². The van der Waals surface area contributed by atoms with Crippen LogP contribution >= 0.6 is 23.4 Å². The van der Waals surface area contributed by atoms with Crippen LogP contribution in [0.3, 0.4) is 0 Å². The van der Waals surface area contributed by atoms with Gasteiger partial charge < -0.3 is 5.32 Å². The summed E-state index contributed by atoms with van der Waals surface area (Å²) in [5, 5.41) is 4.51. The first-order valence-electron chi connectivity index (χ1n) is 8.98. The molecule has 0 aromatic heterocycles. The summed E-state index contributed by atoms with van der Waals surface area (Å²) in [5.41, 5.74) is 4.03. The Balaban J connectivity index is 1.58. The highest BCUT2D eigenvalue weighted by Gasteiger charge is 2.41. The molecule has 0 atom stereocenters. The maximum Gasteiger partial charge on any atom is 0.107 e. The lowest BCUT2D eigenvalue weighted by molar-refractivity contribution is 0.377. The van der Waals surface area contributed by atoms with Crippen LogP contribution in [0.1, 0.15) is 24.0 Å². The van der Waals surface area contributed by atoms with E-state index in [1.807, 2.05) is 18.2 Å². The summed E-state index contributed by atoms with van der Waals surface area (Å²) in [6.45, 7) is 0.781. The highest BCUT2D eigenvalue weighted by molar-refractivity contribution is 7.99. The number of anilines is 1. The number of rotatable bonds is 3. The molecule has 0 saturated carbocycles. The number of hydrogen-bond donors (Lipinski definition) is 1. The van der Waals surface area contributed by atoms with E-state index in [-0.39, 0.29) is 5.41 Å². The summed E-state index contributed by atoms with van der Waals surface area (Å²) >= 11 is 8.36. The van der Waals surface area contributed by atoms with Gasteiger partial charge in [-0.15, -0.1) is 0 Å². The summed E-state index contributed by atoms with van der Waals surface area (Å²) < 4.78 is 0. The fourth-order valence-electron chi connectivity index (χ4n) is 3.88. The van der Waals surface area contributed by atoms with E-state index < -0.39 is 0 Å². The van der Waals surface area contributed by atoms with Gasteiger partial charge in [-0.05, 0) is 60.4 Å². The monoisotopic (exact) mass is 370 g/mol. The van der Waals surface area contributed by atoms with Crippen LogP contribution in [0.5, 0.6) is 0 Å². The average molecular weight is 371 g/mol. The number of benzene rings is 2. The van der Waals surface area contributed by atoms with Gasteiger partial charge >= 0.3 is 0 Å². The number of thioether (sulfide) groups is 1. The number of aliphatic imine (C=N–C) groups is 1. The number of halogens is 1. The molecule has 1 spiro atoms. The first-order chi connectivity index (χ1) is 12.3. The molecule has 2 aromatic carbocycles. The van der Waals surface area contributed by atoms with E-state index in [2.05, 4.69) is 47.4 Å². The largest absolute Gasteiger partial charge is 0.343 e. The van der Waals surface area contributed by atoms with Gasteiger partial charge in [0.15, 0.2) is 0 Å². The summed E-state index contributed by atoms with van der Waals surface area (Å²) in [6.07, 6.45) is 4.42. The van der Waals surface area contributed by atoms with E-state index in [0.717, 1.165) is 24.4 Å². The smallest absolute Gasteiger partial charge is 0.107 e. The second kappa shape index (κ2) is 7.43. The maximum absolute atomic E-state index is 6.29. The zero-order valence-electron chi connectivity index (χ0n) is 14.3. The standard InChI is InChI=1S/C21H23ClN2S/c22-18-7-3-1-5-16(18)9-12-23-20-21(10-13-25-14-11-21)15-17-6-2-4-8-19(17)24-20/h1-8H,9-15H2,(H,23,24). The molecule has 1 fully saturated rings. The lowest BCUT2D eigenvalue weighted by Crippen LogP contribution is -2.44. The van der Waals surface area contributed by atoms with E-state index >= 15 is 0 Å². The van der Waals surface area contributed by atoms with E-state index in [0.29, 0.717) is 0 Å². The molecule has 130 valence electrons. The molecule has 2 aromatic rings. The van der Waals surface area contributed by atoms with Crippen molar-refractivity contribution in [2.24, 2.45) is 10.4 Å². The Labute approximate surface area is 159 Å². The third-order valence-corrected chi connectivity index (χ3v) is 6.71. The predicted molar refractivity (Wildman–Crippen MR) is 110 cm³/mol. The molecule has 2 heterocycles. The van der Waals surface area contributed by atoms with Crippen molar-refractivity contribution in [3.05, 3.63) is 64.7 Å². The highest BCUT2D eigenvalue weighted by Crippen LogP contribution is 2.43. The van der Waals surface area contributed by atoms with Crippen molar-refractivity contribution in [2.75, 3.05) is 23.4 Å². The Hall–Kier alpha value is -1.45. The SMILES string of the molecule is Clc1ccccc1CCN=C1Nc2ccccc2CC12CCSCC2. The van der Waals surface area contributed by atoms with Crippen molar-refractivity contribution >= 4 is 34.9 Å². The Kier molecular flexibility index (Phi) is 5.05. The number of amidine groups is 1. The predicted octanol–water partition coefficient (Wildman–Crippen LogP) is 5.46. The molecule has 1 N–H and O–H groups in total. The first-order valence-corrected chi connectivity index (χ1v) is 10.5. The molecule has 2 aliphatic rings. The zero-order chi connectivity index (χ0) is 17.1. The molecule has 1 saturated heterocycles. The van der Waals surface area contributed by atoms with Crippen LogP contribution in [0.25, 0.3) is 0 Å². The minimum absolute atomic E-state index is 0.195. The number of fused-ring (bicyclic) bond motifs is 1. The summed E-state index contributed by atoms with van der Waals surface area (Å²) in [7, 11) is 0. The van der Waals surface area contributed by atoms with Gasteiger partial charge in [-0.3, -0.25) is 4.99 Å². The topological polar surface area (TPSA) is 24.4 Å². The molecule has 4 rings (SSSR count). The molecule has 0 aliphatic carbocycles. The molecule has 2 nitrogen and oxygen atoms in total. The minimum atomic E-state index is 0.195. The van der Waals surface area contributed by atoms with Crippen LogP contribution in [-0.4, -0.2) is 23.9 Å². The van der Waals surface area contributed by atoms with E-state index in [1.54, 1.807) is 0 Å². The van der Waals surface area contributed by atoms with Crippen LogP contribution in [0.2, 0.25) is 5.02 Å². The fraction of sp³-hybridized carbons (Fsp3) is 0.381. The van der Waals surface area contributed by atoms with Crippen LogP contribution in [0.15, 0.2) is 53.5 Å². The lowest BCUT2D eigenvalue weighted by atomic mass is 9.73. The molecule has 4 heteroatoms. The average Bonchev–Trinajstić information content (AvgIpc) is 2.64. The molecule has 0 bridgehead atoms. The van der Waals surface area contributed by atoms with Gasteiger partial charge in [-0.25, -0.2) is 0 Å². The van der Waals surface area contributed by atoms with Crippen molar-refractivity contribution in [1.29, 1.82) is 0 Å². The van der Waals surface area contributed by atoms with Crippen molar-refractivity contribution in [2.45, 2.75) is 25.7 Å². The Bertz CT molecular complexity index is 781. The number of para-hydroxylation sites is 1. The van der Waals surface area contributed by atoms with Gasteiger partial charge in [0.25, 0.3) is 0 Å². The Morgan fingerprint density at radius 1 is 1.04 bits per heavy atom. The minimum Gasteiger partial charge on any atom is -0.343 e. The quantitative estimate of drug-likeness (QED) is 0.775. The summed E-state index contributed by atoms with van der Waals surface area (Å²) in [6, 6.07) is 16.7. The molecular formula is C21H23ClN2S. The van der Waals surface area contributed by atoms with Gasteiger partial charge in [-0.2, -0.15) is 11.8 Å². The van der Waals surface area contributed by atoms with Crippen LogP contribution in [0, 0.1) is 5.41 Å². The van der Waals surface area contributed by atoms with Gasteiger partial charge in [-0.1, -0.05) is 48.0 Å². The molecule has 0 unspecified atom stereocenters. The normalized spacial score (nSPS) is 20.3. The molecule has 2 aliphatic heterocycles. The van der Waals surface area contributed by atoms with Gasteiger partial charge in [0, 0.05) is 22.7 Å². The van der Waals surface area contributed by atoms with E-state index in [4.69, 9.17) is 16.6 Å². The second-order valence-corrected chi connectivity index (χ2v) is 8.56. The maximum atomic E-state index is 6.29. The van der Waals surface area contributed by atoms with Crippen LogP contribution < -0.4 is 5.32 Å². The molecule has 25 heavy (non-hydrogen) atoms. The lowest BCUT2D eigenvalue weighted by Gasteiger charge is -2.42. The highest BCUT2D eigenvalue weighted by atomic mass is 35.5. The van der Waals surface area contributed by atoms with Crippen molar-refractivity contribution in [3.8, 4) is 0 Å². The first kappa shape index (κ1) is 17.0. The second-order valence-electron chi connectivity index (χ2n) is 6.92. The molecular weight excluding hydrogens is 348 g/mol. The Morgan fingerprint density at radius 3 is 2.64 bits per heavy atom. The Morgan fingerprint density at radius 2 is 1.80 bits per heavy atom. The van der Waals surface area contributed by atoms with Crippen LogP contribution in [-0.2, 0) is 12.8 Å². The van der Waals surface area contributed by atoms with Gasteiger partial charge in [0.1, 0.15) is 5.84 Å². The number of hydrogen-bond acceptors (Lipinski definition) is 2. The third kappa shape index (κ3) is 3.58. The molecule has 0 radical (unpaired) electrons.